The van der Waals surface area contributed by atoms with Crippen LogP contribution < -0.4 is 10.1 Å². The number of halogens is 4. The molecule has 0 saturated carbocycles. The highest BCUT2D eigenvalue weighted by Crippen LogP contribution is 2.33. The fraction of sp³-hybridized carbons (Fsp3) is 0.240. The van der Waals surface area contributed by atoms with Crippen LogP contribution in [0, 0.1) is 5.82 Å². The normalized spacial score (nSPS) is 12.3. The van der Waals surface area contributed by atoms with Gasteiger partial charge in [0, 0.05) is 22.1 Å². The monoisotopic (exact) mass is 537 g/mol. The van der Waals surface area contributed by atoms with E-state index in [1.807, 2.05) is 24.3 Å². The maximum absolute atomic E-state index is 14.6. The number of nitrogens with one attached hydrogen (secondary N) is 1. The lowest BCUT2D eigenvalue weighted by Crippen LogP contribution is -2.20. The Hall–Kier alpha value is -2.08. The molecule has 0 fully saturated rings. The molecule has 32 heavy (non-hydrogen) atoms. The molecule has 0 aromatic heterocycles. The van der Waals surface area contributed by atoms with Crippen molar-refractivity contribution in [1.29, 1.82) is 0 Å². The molecular formula is C25H23BrCl2FNO2. The van der Waals surface area contributed by atoms with Gasteiger partial charge in [-0.3, -0.25) is 4.79 Å². The Balaban J connectivity index is 1.69. The van der Waals surface area contributed by atoms with Gasteiger partial charge in [0.05, 0.1) is 10.0 Å². The molecule has 0 aliphatic heterocycles. The minimum absolute atomic E-state index is 0.000859. The molecule has 0 heterocycles. The van der Waals surface area contributed by atoms with Crippen molar-refractivity contribution in [1.82, 2.24) is 0 Å². The van der Waals surface area contributed by atoms with Gasteiger partial charge in [0.1, 0.15) is 5.75 Å². The smallest absolute Gasteiger partial charge is 0.255 e. The van der Waals surface area contributed by atoms with Crippen LogP contribution in [0.25, 0.3) is 0 Å². The van der Waals surface area contributed by atoms with Crippen LogP contribution in [0.15, 0.2) is 60.7 Å². The summed E-state index contributed by atoms with van der Waals surface area (Å²) in [5.74, 6) is -0.413. The van der Waals surface area contributed by atoms with Crippen molar-refractivity contribution in [3.05, 3.63) is 87.7 Å². The van der Waals surface area contributed by atoms with Crippen molar-refractivity contribution < 1.29 is 13.9 Å². The first kappa shape index (κ1) is 24.6. The Morgan fingerprint density at radius 2 is 1.75 bits per heavy atom. The molecule has 1 amide bonds. The van der Waals surface area contributed by atoms with Crippen molar-refractivity contribution in [2.24, 2.45) is 0 Å². The highest BCUT2D eigenvalue weighted by Gasteiger charge is 2.22. The predicted octanol–water partition coefficient (Wildman–Crippen LogP) is 8.63. The first-order valence-corrected chi connectivity index (χ1v) is 11.7. The SMILES string of the molecule is CC(Br)CC(C)(C)c1ccc(Oc2ccc(NC(=O)c3ccc(Cl)c(Cl)c3)cc2F)cc1. The highest BCUT2D eigenvalue weighted by molar-refractivity contribution is 9.09. The molecule has 3 aromatic carbocycles. The number of benzene rings is 3. The van der Waals surface area contributed by atoms with E-state index in [-0.39, 0.29) is 16.2 Å². The maximum atomic E-state index is 14.6. The Kier molecular flexibility index (Phi) is 7.86. The van der Waals surface area contributed by atoms with E-state index in [1.165, 1.54) is 29.8 Å². The first-order valence-electron chi connectivity index (χ1n) is 10.0. The van der Waals surface area contributed by atoms with Crippen molar-refractivity contribution in [2.75, 3.05) is 5.32 Å². The average Bonchev–Trinajstić information content (AvgIpc) is 2.71. The van der Waals surface area contributed by atoms with Gasteiger partial charge in [-0.05, 0) is 59.9 Å². The zero-order valence-corrected chi connectivity index (χ0v) is 21.0. The van der Waals surface area contributed by atoms with Gasteiger partial charge in [-0.15, -0.1) is 0 Å². The van der Waals surface area contributed by atoms with Crippen molar-refractivity contribution >= 4 is 50.7 Å². The number of alkyl halides is 1. The summed E-state index contributed by atoms with van der Waals surface area (Å²) in [4.78, 5) is 12.8. The molecular weight excluding hydrogens is 516 g/mol. The molecule has 1 unspecified atom stereocenters. The number of carbonyl (C=O) groups is 1. The number of rotatable bonds is 7. The van der Waals surface area contributed by atoms with E-state index in [9.17, 15) is 9.18 Å². The number of carbonyl (C=O) groups excluding carboxylic acids is 1. The summed E-state index contributed by atoms with van der Waals surface area (Å²) in [5, 5.41) is 3.26. The third-order valence-electron chi connectivity index (χ3n) is 5.03. The van der Waals surface area contributed by atoms with E-state index >= 15 is 0 Å². The topological polar surface area (TPSA) is 38.3 Å². The number of ether oxygens (including phenoxy) is 1. The lowest BCUT2D eigenvalue weighted by atomic mass is 9.81. The van der Waals surface area contributed by atoms with Gasteiger partial charge >= 0.3 is 0 Å². The summed E-state index contributed by atoms with van der Waals surface area (Å²) in [7, 11) is 0. The zero-order valence-electron chi connectivity index (χ0n) is 17.9. The van der Waals surface area contributed by atoms with E-state index in [4.69, 9.17) is 27.9 Å². The highest BCUT2D eigenvalue weighted by atomic mass is 79.9. The minimum Gasteiger partial charge on any atom is -0.454 e. The van der Waals surface area contributed by atoms with Crippen molar-refractivity contribution in [2.45, 2.75) is 37.4 Å². The summed E-state index contributed by atoms with van der Waals surface area (Å²) in [5.41, 5.74) is 1.79. The molecule has 0 aliphatic carbocycles. The molecule has 0 radical (unpaired) electrons. The van der Waals surface area contributed by atoms with E-state index in [1.54, 1.807) is 12.1 Å². The van der Waals surface area contributed by atoms with Crippen LogP contribution in [0.2, 0.25) is 10.0 Å². The minimum atomic E-state index is -0.588. The summed E-state index contributed by atoms with van der Waals surface area (Å²) in [6.45, 7) is 6.50. The second kappa shape index (κ2) is 10.2. The number of hydrogen-bond donors (Lipinski definition) is 1. The first-order chi connectivity index (χ1) is 15.0. The Labute approximate surface area is 206 Å². The van der Waals surface area contributed by atoms with Gasteiger partial charge in [0.15, 0.2) is 11.6 Å². The quantitative estimate of drug-likeness (QED) is 0.306. The van der Waals surface area contributed by atoms with Crippen molar-refractivity contribution in [3.63, 3.8) is 0 Å². The van der Waals surface area contributed by atoms with E-state index in [2.05, 4.69) is 42.0 Å². The Morgan fingerprint density at radius 1 is 1.06 bits per heavy atom. The standard InChI is InChI=1S/C25H23BrCl2FNO2/c1-15(26)14-25(2,3)17-5-8-19(9-6-17)32-23-11-7-18(13-22(23)29)30-24(31)16-4-10-20(27)21(28)12-16/h4-13,15H,14H2,1-3H3,(H,30,31). The number of hydrogen-bond acceptors (Lipinski definition) is 2. The van der Waals surface area contributed by atoms with Crippen LogP contribution in [0.3, 0.4) is 0 Å². The van der Waals surface area contributed by atoms with Gasteiger partial charge in [-0.2, -0.15) is 0 Å². The summed E-state index contributed by atoms with van der Waals surface area (Å²) in [6, 6.07) is 16.4. The molecule has 3 nitrogen and oxygen atoms in total. The molecule has 0 spiro atoms. The molecule has 7 heteroatoms. The largest absolute Gasteiger partial charge is 0.454 e. The lowest BCUT2D eigenvalue weighted by molar-refractivity contribution is 0.102. The third kappa shape index (κ3) is 6.25. The van der Waals surface area contributed by atoms with Crippen LogP contribution in [0.4, 0.5) is 10.1 Å². The van der Waals surface area contributed by atoms with Crippen LogP contribution in [-0.2, 0) is 5.41 Å². The van der Waals surface area contributed by atoms with Crippen LogP contribution in [0.5, 0.6) is 11.5 Å². The molecule has 1 atom stereocenters. The molecule has 1 N–H and O–H groups in total. The maximum Gasteiger partial charge on any atom is 0.255 e. The molecule has 3 rings (SSSR count). The summed E-state index contributed by atoms with van der Waals surface area (Å²) < 4.78 is 20.3. The van der Waals surface area contributed by atoms with Gasteiger partial charge in [-0.25, -0.2) is 4.39 Å². The molecule has 3 aromatic rings. The number of amides is 1. The fourth-order valence-corrected chi connectivity index (χ4v) is 4.53. The average molecular weight is 539 g/mol. The predicted molar refractivity (Wildman–Crippen MR) is 133 cm³/mol. The van der Waals surface area contributed by atoms with Crippen LogP contribution >= 0.6 is 39.1 Å². The van der Waals surface area contributed by atoms with Gasteiger partial charge < -0.3 is 10.1 Å². The van der Waals surface area contributed by atoms with Crippen molar-refractivity contribution in [3.8, 4) is 11.5 Å². The van der Waals surface area contributed by atoms with E-state index in [0.29, 0.717) is 26.9 Å². The molecule has 0 saturated heterocycles. The lowest BCUT2D eigenvalue weighted by Gasteiger charge is -2.26. The summed E-state index contributed by atoms with van der Waals surface area (Å²) in [6.07, 6.45) is 0.983. The van der Waals surface area contributed by atoms with Gasteiger partial charge in [0.25, 0.3) is 5.91 Å². The van der Waals surface area contributed by atoms with Crippen LogP contribution in [-0.4, -0.2) is 10.7 Å². The molecule has 0 aliphatic rings. The van der Waals surface area contributed by atoms with E-state index in [0.717, 1.165) is 6.42 Å². The zero-order chi connectivity index (χ0) is 23.5. The Morgan fingerprint density at radius 3 is 2.34 bits per heavy atom. The third-order valence-corrected chi connectivity index (χ3v) is 6.09. The van der Waals surface area contributed by atoms with Crippen LogP contribution in [0.1, 0.15) is 43.1 Å². The summed E-state index contributed by atoms with van der Waals surface area (Å²) >= 11 is 15.4. The second-order valence-electron chi connectivity index (χ2n) is 8.22. The van der Waals surface area contributed by atoms with E-state index < -0.39 is 11.7 Å². The fourth-order valence-electron chi connectivity index (χ4n) is 3.42. The van der Waals surface area contributed by atoms with Gasteiger partial charge in [-0.1, -0.05) is 72.0 Å². The van der Waals surface area contributed by atoms with Gasteiger partial charge in [0.2, 0.25) is 0 Å². The molecule has 168 valence electrons. The second-order valence-corrected chi connectivity index (χ2v) is 10.6. The Bertz CT molecular complexity index is 1120. The number of anilines is 1. The molecule has 0 bridgehead atoms.